The average Bonchev–Trinajstić information content (AvgIpc) is 2.42. The van der Waals surface area contributed by atoms with E-state index in [0.29, 0.717) is 18.3 Å². The van der Waals surface area contributed by atoms with Crippen LogP contribution in [-0.2, 0) is 4.74 Å². The highest BCUT2D eigenvalue weighted by Crippen LogP contribution is 2.16. The molecular weight excluding hydrogens is 290 g/mol. The molecule has 0 aromatic heterocycles. The van der Waals surface area contributed by atoms with E-state index in [1.807, 2.05) is 20.8 Å². The van der Waals surface area contributed by atoms with E-state index in [0.717, 1.165) is 25.2 Å². The number of hydrogen-bond donors (Lipinski definition) is 0. The fourth-order valence-electron chi connectivity index (χ4n) is 2.11. The third kappa shape index (κ3) is 5.58. The Hall–Kier alpha value is -1.23. The predicted molar refractivity (Wildman–Crippen MR) is 87.0 cm³/mol. The Morgan fingerprint density at radius 2 is 1.76 bits per heavy atom. The van der Waals surface area contributed by atoms with Crippen molar-refractivity contribution < 1.29 is 9.53 Å². The molecule has 1 rings (SSSR count). The van der Waals surface area contributed by atoms with E-state index in [1.165, 1.54) is 0 Å². The Morgan fingerprint density at radius 3 is 2.19 bits per heavy atom. The van der Waals surface area contributed by atoms with Crippen LogP contribution in [0.3, 0.4) is 0 Å². The lowest BCUT2D eigenvalue weighted by atomic mass is 10.2. The second-order valence-electron chi connectivity index (χ2n) is 5.97. The summed E-state index contributed by atoms with van der Waals surface area (Å²) in [4.78, 5) is 20.0. The number of halogens is 1. The van der Waals surface area contributed by atoms with Crippen LogP contribution in [0.2, 0.25) is 0 Å². The van der Waals surface area contributed by atoms with E-state index in [4.69, 9.17) is 16.3 Å². The van der Waals surface area contributed by atoms with Gasteiger partial charge < -0.3 is 14.5 Å². The molecule has 0 bridgehead atoms. The molecule has 0 spiro atoms. The summed E-state index contributed by atoms with van der Waals surface area (Å²) in [5.74, 6) is 0. The first-order chi connectivity index (χ1) is 9.78. The third-order valence-corrected chi connectivity index (χ3v) is 3.44. The minimum Gasteiger partial charge on any atom is -0.444 e. The van der Waals surface area contributed by atoms with Crippen LogP contribution in [0, 0.1) is 0 Å². The van der Waals surface area contributed by atoms with Crippen molar-refractivity contribution in [2.45, 2.75) is 39.7 Å². The number of rotatable bonds is 3. The van der Waals surface area contributed by atoms with E-state index in [9.17, 15) is 4.79 Å². The first-order valence-electron chi connectivity index (χ1n) is 7.34. The van der Waals surface area contributed by atoms with Crippen molar-refractivity contribution in [2.75, 3.05) is 33.2 Å². The Balaban J connectivity index is 2.63. The van der Waals surface area contributed by atoms with E-state index in [2.05, 4.69) is 22.9 Å². The zero-order chi connectivity index (χ0) is 16.0. The van der Waals surface area contributed by atoms with Gasteiger partial charge in [-0.2, -0.15) is 0 Å². The molecule has 0 aromatic rings. The van der Waals surface area contributed by atoms with Crippen LogP contribution in [-0.4, -0.2) is 59.9 Å². The molecule has 1 fully saturated rings. The first kappa shape index (κ1) is 17.8. The first-order valence-corrected chi connectivity index (χ1v) is 7.72. The lowest BCUT2D eigenvalue weighted by Gasteiger charge is -2.37. The van der Waals surface area contributed by atoms with Crippen LogP contribution < -0.4 is 0 Å². The van der Waals surface area contributed by atoms with Crippen molar-refractivity contribution >= 4 is 22.9 Å². The van der Waals surface area contributed by atoms with Gasteiger partial charge in [-0.15, -0.1) is 0 Å². The number of hydrogen-bond acceptors (Lipinski definition) is 4. The molecular formula is C15H26ClN3O2. The van der Waals surface area contributed by atoms with Crippen molar-refractivity contribution in [3.8, 4) is 0 Å². The van der Waals surface area contributed by atoms with Crippen molar-refractivity contribution in [1.29, 1.82) is 0 Å². The van der Waals surface area contributed by atoms with Gasteiger partial charge in [0.25, 0.3) is 0 Å². The van der Waals surface area contributed by atoms with Gasteiger partial charge in [0.15, 0.2) is 0 Å². The molecule has 0 aromatic carbocycles. The molecule has 6 heteroatoms. The molecule has 0 aliphatic carbocycles. The summed E-state index contributed by atoms with van der Waals surface area (Å²) in [6.45, 7) is 10.4. The zero-order valence-electron chi connectivity index (χ0n) is 13.6. The summed E-state index contributed by atoms with van der Waals surface area (Å²) in [5, 5.41) is 0.516. The van der Waals surface area contributed by atoms with Gasteiger partial charge in [-0.3, -0.25) is 4.99 Å². The van der Waals surface area contributed by atoms with Crippen LogP contribution in [0.5, 0.6) is 0 Å². The molecule has 1 saturated heterocycles. The fourth-order valence-corrected chi connectivity index (χ4v) is 2.30. The molecule has 21 heavy (non-hydrogen) atoms. The van der Waals surface area contributed by atoms with E-state index in [1.54, 1.807) is 11.9 Å². The van der Waals surface area contributed by atoms with E-state index < -0.39 is 5.60 Å². The van der Waals surface area contributed by atoms with Crippen LogP contribution >= 0.6 is 11.6 Å². The molecule has 0 N–H and O–H groups in total. The summed E-state index contributed by atoms with van der Waals surface area (Å²) in [6, 6.07) is 0. The van der Waals surface area contributed by atoms with Gasteiger partial charge in [-0.05, 0) is 27.2 Å². The fraction of sp³-hybridized carbons (Fsp3) is 0.733. The number of amides is 1. The van der Waals surface area contributed by atoms with E-state index in [-0.39, 0.29) is 6.09 Å². The summed E-state index contributed by atoms with van der Waals surface area (Å²) in [7, 11) is 1.68. The maximum absolute atomic E-state index is 12.0. The normalized spacial score (nSPS) is 18.0. The maximum Gasteiger partial charge on any atom is 0.410 e. The van der Waals surface area contributed by atoms with Gasteiger partial charge >= 0.3 is 6.09 Å². The molecule has 0 radical (unpaired) electrons. The highest BCUT2D eigenvalue weighted by Gasteiger charge is 2.27. The van der Waals surface area contributed by atoms with Gasteiger partial charge in [0, 0.05) is 33.2 Å². The van der Waals surface area contributed by atoms with E-state index >= 15 is 0 Å². The quantitative estimate of drug-likeness (QED) is 0.752. The standard InChI is InChI=1S/C15H26ClN3O2/c1-6-7-12(13(16)17-5)18-8-10-19(11-9-18)14(20)21-15(2,3)4/h7H,6,8-11H2,1-5H3/b12-7+,17-13?. The highest BCUT2D eigenvalue weighted by atomic mass is 35.5. The van der Waals surface area contributed by atoms with Crippen LogP contribution in [0.25, 0.3) is 0 Å². The largest absolute Gasteiger partial charge is 0.444 e. The summed E-state index contributed by atoms with van der Waals surface area (Å²) < 4.78 is 5.39. The minimum absolute atomic E-state index is 0.251. The van der Waals surface area contributed by atoms with Gasteiger partial charge in [-0.25, -0.2) is 4.79 Å². The molecule has 0 unspecified atom stereocenters. The number of allylic oxidation sites excluding steroid dienone is 2. The Bertz CT molecular complexity index is 419. The minimum atomic E-state index is -0.459. The van der Waals surface area contributed by atoms with Crippen molar-refractivity contribution in [3.05, 3.63) is 11.8 Å². The Morgan fingerprint density at radius 1 is 1.24 bits per heavy atom. The number of carbonyl (C=O) groups is 1. The zero-order valence-corrected chi connectivity index (χ0v) is 14.4. The average molecular weight is 316 g/mol. The summed E-state index contributed by atoms with van der Waals surface area (Å²) >= 11 is 6.16. The van der Waals surface area contributed by atoms with Crippen molar-refractivity contribution in [2.24, 2.45) is 4.99 Å². The Labute approximate surface area is 132 Å². The monoisotopic (exact) mass is 315 g/mol. The smallest absolute Gasteiger partial charge is 0.410 e. The van der Waals surface area contributed by atoms with Gasteiger partial charge in [0.2, 0.25) is 0 Å². The molecule has 5 nitrogen and oxygen atoms in total. The summed E-state index contributed by atoms with van der Waals surface area (Å²) in [5.41, 5.74) is 0.491. The molecule has 1 aliphatic heterocycles. The molecule has 1 aliphatic rings. The molecule has 120 valence electrons. The van der Waals surface area contributed by atoms with Crippen LogP contribution in [0.4, 0.5) is 4.79 Å². The van der Waals surface area contributed by atoms with Gasteiger partial charge in [0.1, 0.15) is 10.8 Å². The number of piperazine rings is 1. The lowest BCUT2D eigenvalue weighted by molar-refractivity contribution is 0.0172. The summed E-state index contributed by atoms with van der Waals surface area (Å²) in [6.07, 6.45) is 2.71. The van der Waals surface area contributed by atoms with Crippen LogP contribution in [0.1, 0.15) is 34.1 Å². The second-order valence-corrected chi connectivity index (χ2v) is 6.32. The van der Waals surface area contributed by atoms with Gasteiger partial charge in [0.05, 0.1) is 5.70 Å². The lowest BCUT2D eigenvalue weighted by Crippen LogP contribution is -2.50. The van der Waals surface area contributed by atoms with Gasteiger partial charge in [-0.1, -0.05) is 24.6 Å². The highest BCUT2D eigenvalue weighted by molar-refractivity contribution is 6.69. The Kier molecular flexibility index (Phi) is 6.52. The molecule has 1 heterocycles. The number of nitrogens with zero attached hydrogens (tertiary/aromatic N) is 3. The predicted octanol–water partition coefficient (Wildman–Crippen LogP) is 3.10. The topological polar surface area (TPSA) is 45.1 Å². The number of ether oxygens (including phenoxy) is 1. The SMILES string of the molecule is CC/C=C(\C(Cl)=NC)N1CCN(C(=O)OC(C)(C)C)CC1. The molecule has 0 saturated carbocycles. The number of aliphatic imine (C=N–C) groups is 1. The van der Waals surface area contributed by atoms with Crippen molar-refractivity contribution in [1.82, 2.24) is 9.80 Å². The number of carbonyl (C=O) groups excluding carboxylic acids is 1. The maximum atomic E-state index is 12.0. The molecule has 0 atom stereocenters. The van der Waals surface area contributed by atoms with Crippen molar-refractivity contribution in [3.63, 3.8) is 0 Å². The van der Waals surface area contributed by atoms with Crippen LogP contribution in [0.15, 0.2) is 16.8 Å². The molecule has 1 amide bonds. The third-order valence-electron chi connectivity index (χ3n) is 3.08. The second kappa shape index (κ2) is 7.69.